The lowest BCUT2D eigenvalue weighted by atomic mass is 9.97. The van der Waals surface area contributed by atoms with Crippen LogP contribution in [0.25, 0.3) is 11.5 Å². The van der Waals surface area contributed by atoms with Crippen LogP contribution in [0.3, 0.4) is 0 Å². The number of hydrogen-bond acceptors (Lipinski definition) is 7. The van der Waals surface area contributed by atoms with E-state index in [0.29, 0.717) is 36.0 Å². The second-order valence-electron chi connectivity index (χ2n) is 8.42. The molecule has 3 heterocycles. The van der Waals surface area contributed by atoms with Gasteiger partial charge in [0, 0.05) is 35.8 Å². The van der Waals surface area contributed by atoms with Crippen LogP contribution in [0, 0.1) is 0 Å². The molecule has 2 aromatic heterocycles. The molecular formula is C20H28N4O3. The van der Waals surface area contributed by atoms with Crippen molar-refractivity contribution >= 4 is 0 Å². The van der Waals surface area contributed by atoms with Crippen molar-refractivity contribution in [1.82, 2.24) is 20.4 Å². The summed E-state index contributed by atoms with van der Waals surface area (Å²) < 4.78 is 17.1. The van der Waals surface area contributed by atoms with Crippen LogP contribution in [0.5, 0.6) is 5.75 Å². The van der Waals surface area contributed by atoms with Gasteiger partial charge in [0.15, 0.2) is 0 Å². The molecule has 0 radical (unpaired) electrons. The van der Waals surface area contributed by atoms with Crippen molar-refractivity contribution in [1.29, 1.82) is 0 Å². The fraction of sp³-hybridized carbons (Fsp3) is 0.650. The van der Waals surface area contributed by atoms with E-state index in [2.05, 4.69) is 20.4 Å². The van der Waals surface area contributed by atoms with Gasteiger partial charge in [0.25, 0.3) is 0 Å². The summed E-state index contributed by atoms with van der Waals surface area (Å²) in [5.41, 5.74) is 1.69. The van der Waals surface area contributed by atoms with Gasteiger partial charge in [-0.05, 0) is 25.2 Å². The van der Waals surface area contributed by atoms with Crippen LogP contribution in [0.4, 0.5) is 0 Å². The highest BCUT2D eigenvalue weighted by Crippen LogP contribution is 2.44. The Bertz CT molecular complexity index is 774. The van der Waals surface area contributed by atoms with E-state index in [1.165, 1.54) is 18.4 Å². The number of pyridine rings is 1. The van der Waals surface area contributed by atoms with Gasteiger partial charge in [-0.15, -0.1) is 0 Å². The Balaban J connectivity index is 1.49. The molecule has 1 unspecified atom stereocenters. The van der Waals surface area contributed by atoms with Gasteiger partial charge in [-0.25, -0.2) is 0 Å². The van der Waals surface area contributed by atoms with Crippen LogP contribution in [0.1, 0.15) is 57.4 Å². The van der Waals surface area contributed by atoms with Crippen LogP contribution < -0.4 is 10.1 Å². The smallest absolute Gasteiger partial charge is 0.232 e. The summed E-state index contributed by atoms with van der Waals surface area (Å²) in [5.74, 6) is 2.57. The quantitative estimate of drug-likeness (QED) is 0.834. The molecular weight excluding hydrogens is 344 g/mol. The minimum atomic E-state index is -0.187. The molecule has 2 aliphatic rings. The maximum absolute atomic E-state index is 6.16. The van der Waals surface area contributed by atoms with Gasteiger partial charge in [0.1, 0.15) is 11.4 Å². The van der Waals surface area contributed by atoms with E-state index in [1.807, 2.05) is 33.0 Å². The fourth-order valence-electron chi connectivity index (χ4n) is 3.14. The maximum Gasteiger partial charge on any atom is 0.232 e. The molecule has 0 spiro atoms. The number of hydrogen-bond donors (Lipinski definition) is 1. The summed E-state index contributed by atoms with van der Waals surface area (Å²) in [4.78, 5) is 9.08. The molecule has 1 N–H and O–H groups in total. The van der Waals surface area contributed by atoms with E-state index in [1.54, 1.807) is 0 Å². The topological polar surface area (TPSA) is 82.3 Å². The van der Waals surface area contributed by atoms with Crippen molar-refractivity contribution in [3.8, 4) is 17.3 Å². The Morgan fingerprint density at radius 2 is 2.15 bits per heavy atom. The lowest BCUT2D eigenvalue weighted by molar-refractivity contribution is 0.0691. The minimum Gasteiger partial charge on any atom is -0.493 e. The van der Waals surface area contributed by atoms with E-state index in [0.717, 1.165) is 31.9 Å². The zero-order valence-electron chi connectivity index (χ0n) is 16.3. The predicted octanol–water partition coefficient (Wildman–Crippen LogP) is 3.06. The van der Waals surface area contributed by atoms with E-state index in [9.17, 15) is 0 Å². The molecule has 1 aliphatic carbocycles. The highest BCUT2D eigenvalue weighted by molar-refractivity contribution is 5.54. The van der Waals surface area contributed by atoms with Crippen LogP contribution in [-0.4, -0.2) is 47.5 Å². The normalized spacial score (nSPS) is 20.6. The average molecular weight is 372 g/mol. The summed E-state index contributed by atoms with van der Waals surface area (Å²) in [7, 11) is 0. The van der Waals surface area contributed by atoms with Gasteiger partial charge >= 0.3 is 0 Å². The Morgan fingerprint density at radius 1 is 1.30 bits per heavy atom. The number of morpholine rings is 1. The lowest BCUT2D eigenvalue weighted by Crippen LogP contribution is -2.42. The zero-order chi connectivity index (χ0) is 18.9. The van der Waals surface area contributed by atoms with E-state index >= 15 is 0 Å². The Kier molecular flexibility index (Phi) is 5.14. The number of nitrogens with one attached hydrogen (secondary N) is 1. The second-order valence-corrected chi connectivity index (χ2v) is 8.42. The van der Waals surface area contributed by atoms with Crippen LogP contribution in [0.15, 0.2) is 16.8 Å². The molecule has 0 aromatic carbocycles. The van der Waals surface area contributed by atoms with E-state index < -0.39 is 0 Å². The van der Waals surface area contributed by atoms with Crippen molar-refractivity contribution in [2.45, 2.75) is 57.4 Å². The van der Waals surface area contributed by atoms with E-state index in [-0.39, 0.29) is 5.41 Å². The summed E-state index contributed by atoms with van der Waals surface area (Å²) in [5, 5.41) is 7.57. The van der Waals surface area contributed by atoms with Gasteiger partial charge in [0.05, 0.1) is 19.8 Å². The predicted molar refractivity (Wildman–Crippen MR) is 101 cm³/mol. The van der Waals surface area contributed by atoms with Crippen LogP contribution in [0.2, 0.25) is 0 Å². The SMILES string of the molecule is CC(C)(C)c1nc(-c2cc(OCCC3COCCN3)c(C3CC3)cn2)no1. The third kappa shape index (κ3) is 4.47. The molecule has 7 nitrogen and oxygen atoms in total. The number of aromatic nitrogens is 3. The van der Waals surface area contributed by atoms with Crippen molar-refractivity contribution in [2.75, 3.05) is 26.4 Å². The number of ether oxygens (including phenoxy) is 2. The number of nitrogens with zero attached hydrogens (tertiary/aromatic N) is 3. The third-order valence-corrected chi connectivity index (χ3v) is 4.93. The van der Waals surface area contributed by atoms with Crippen LogP contribution >= 0.6 is 0 Å². The minimum absolute atomic E-state index is 0.187. The molecule has 0 amide bonds. The summed E-state index contributed by atoms with van der Waals surface area (Å²) in [6.45, 7) is 9.23. The fourth-order valence-corrected chi connectivity index (χ4v) is 3.14. The monoisotopic (exact) mass is 372 g/mol. The molecule has 2 aromatic rings. The molecule has 1 atom stereocenters. The third-order valence-electron chi connectivity index (χ3n) is 4.93. The van der Waals surface area contributed by atoms with Gasteiger partial charge < -0.3 is 19.3 Å². The van der Waals surface area contributed by atoms with Crippen molar-refractivity contribution in [2.24, 2.45) is 0 Å². The standard InChI is InChI=1S/C20H28N4O3/c1-20(2,3)19-23-18(24-27-19)16-10-17(15(11-22-16)13-4-5-13)26-8-6-14-12-25-9-7-21-14/h10-11,13-14,21H,4-9,12H2,1-3H3. The molecule has 1 saturated carbocycles. The molecule has 7 heteroatoms. The largest absolute Gasteiger partial charge is 0.493 e. The molecule has 2 fully saturated rings. The van der Waals surface area contributed by atoms with Gasteiger partial charge in [-0.2, -0.15) is 4.98 Å². The van der Waals surface area contributed by atoms with Gasteiger partial charge in [0.2, 0.25) is 11.7 Å². The summed E-state index contributed by atoms with van der Waals surface area (Å²) in [6, 6.07) is 2.31. The first-order valence-corrected chi connectivity index (χ1v) is 9.79. The second kappa shape index (κ2) is 7.56. The molecule has 1 aliphatic heterocycles. The first-order chi connectivity index (χ1) is 13.0. The van der Waals surface area contributed by atoms with Crippen molar-refractivity contribution in [3.05, 3.63) is 23.7 Å². The zero-order valence-corrected chi connectivity index (χ0v) is 16.3. The first kappa shape index (κ1) is 18.4. The average Bonchev–Trinajstić information content (AvgIpc) is 3.36. The molecule has 0 bridgehead atoms. The maximum atomic E-state index is 6.16. The first-order valence-electron chi connectivity index (χ1n) is 9.79. The summed E-state index contributed by atoms with van der Waals surface area (Å²) in [6.07, 6.45) is 5.23. The highest BCUT2D eigenvalue weighted by Gasteiger charge is 2.29. The van der Waals surface area contributed by atoms with Gasteiger partial charge in [-0.1, -0.05) is 25.9 Å². The molecule has 1 saturated heterocycles. The van der Waals surface area contributed by atoms with Gasteiger partial charge in [-0.3, -0.25) is 4.98 Å². The van der Waals surface area contributed by atoms with Crippen molar-refractivity contribution in [3.63, 3.8) is 0 Å². The Hall–Kier alpha value is -1.99. The Labute approximate surface area is 159 Å². The number of rotatable bonds is 6. The molecule has 146 valence electrons. The Morgan fingerprint density at radius 3 is 2.81 bits per heavy atom. The van der Waals surface area contributed by atoms with E-state index in [4.69, 9.17) is 14.0 Å². The summed E-state index contributed by atoms with van der Waals surface area (Å²) >= 11 is 0. The highest BCUT2D eigenvalue weighted by atomic mass is 16.5. The molecule has 4 rings (SSSR count). The van der Waals surface area contributed by atoms with Crippen molar-refractivity contribution < 1.29 is 14.0 Å². The van der Waals surface area contributed by atoms with Crippen LogP contribution in [-0.2, 0) is 10.2 Å². The lowest BCUT2D eigenvalue weighted by Gasteiger charge is -2.24. The molecule has 27 heavy (non-hydrogen) atoms.